The van der Waals surface area contributed by atoms with Crippen LogP contribution in [0.2, 0.25) is 0 Å². The van der Waals surface area contributed by atoms with Gasteiger partial charge in [0.25, 0.3) is 0 Å². The van der Waals surface area contributed by atoms with Crippen molar-refractivity contribution in [3.8, 4) is 6.07 Å². The zero-order valence-electron chi connectivity index (χ0n) is 25.3. The van der Waals surface area contributed by atoms with Crippen molar-refractivity contribution < 1.29 is 32.3 Å². The van der Waals surface area contributed by atoms with E-state index in [0.29, 0.717) is 32.1 Å². The second kappa shape index (κ2) is 8.80. The number of hydrogen-bond donors (Lipinski definition) is 0. The van der Waals surface area contributed by atoms with Gasteiger partial charge < -0.3 is 4.74 Å². The van der Waals surface area contributed by atoms with E-state index >= 15 is 0 Å². The lowest BCUT2D eigenvalue weighted by Crippen LogP contribution is -2.66. The number of fused-ring (bicyclic) bond motifs is 7. The number of ether oxygens (including phenoxy) is 1. The molecule has 0 spiro atoms. The van der Waals surface area contributed by atoms with Crippen molar-refractivity contribution in [1.82, 2.24) is 0 Å². The summed E-state index contributed by atoms with van der Waals surface area (Å²) in [5.41, 5.74) is -2.70. The normalized spacial score (nSPS) is 42.8. The number of carbonyl (C=O) groups excluding carboxylic acids is 3. The lowest BCUT2D eigenvalue weighted by atomic mass is 9.34. The number of ketones is 2. The van der Waals surface area contributed by atoms with E-state index in [1.165, 1.54) is 0 Å². The number of carbonyl (C=O) groups is 3. The Labute approximate surface area is 240 Å². The molecular formula is C33H42F3NO4. The molecule has 0 bridgehead atoms. The van der Waals surface area contributed by atoms with Gasteiger partial charge in [-0.05, 0) is 79.1 Å². The highest BCUT2D eigenvalue weighted by Gasteiger charge is 2.71. The fraction of sp³-hybridized carbons (Fsp3) is 0.758. The highest BCUT2D eigenvalue weighted by atomic mass is 19.4. The third kappa shape index (κ3) is 4.03. The number of nitriles is 1. The maximum atomic E-state index is 14.4. The van der Waals surface area contributed by atoms with Crippen molar-refractivity contribution in [3.05, 3.63) is 23.3 Å². The Morgan fingerprint density at radius 2 is 1.66 bits per heavy atom. The molecule has 5 aliphatic carbocycles. The first kappa shape index (κ1) is 30.0. The first-order valence-electron chi connectivity index (χ1n) is 14.9. The third-order valence-corrected chi connectivity index (χ3v) is 12.6. The van der Waals surface area contributed by atoms with Gasteiger partial charge in [0.1, 0.15) is 6.07 Å². The Morgan fingerprint density at radius 3 is 2.27 bits per heavy atom. The molecule has 5 nitrogen and oxygen atoms in total. The predicted molar refractivity (Wildman–Crippen MR) is 146 cm³/mol. The van der Waals surface area contributed by atoms with Crippen LogP contribution in [0.3, 0.4) is 0 Å². The lowest BCUT2D eigenvalue weighted by molar-refractivity contribution is -0.212. The van der Waals surface area contributed by atoms with Crippen LogP contribution in [-0.4, -0.2) is 30.3 Å². The van der Waals surface area contributed by atoms with Gasteiger partial charge in [-0.1, -0.05) is 60.1 Å². The summed E-state index contributed by atoms with van der Waals surface area (Å²) in [7, 11) is 0. The molecule has 8 heteroatoms. The van der Waals surface area contributed by atoms with Gasteiger partial charge in [0, 0.05) is 16.7 Å². The van der Waals surface area contributed by atoms with Crippen LogP contribution in [0.25, 0.3) is 0 Å². The van der Waals surface area contributed by atoms with E-state index in [2.05, 4.69) is 40.7 Å². The molecule has 0 aromatic rings. The second-order valence-electron chi connectivity index (χ2n) is 15.6. The lowest BCUT2D eigenvalue weighted by Gasteiger charge is -2.68. The van der Waals surface area contributed by atoms with Crippen LogP contribution in [-0.2, 0) is 19.1 Å². The Bertz CT molecular complexity index is 1320. The Morgan fingerprint density at radius 1 is 1.02 bits per heavy atom. The summed E-state index contributed by atoms with van der Waals surface area (Å²) in [6, 6.07) is 2.11. The number of esters is 1. The first-order valence-corrected chi connectivity index (χ1v) is 14.9. The highest BCUT2D eigenvalue weighted by molar-refractivity contribution is 6.04. The van der Waals surface area contributed by atoms with Crippen molar-refractivity contribution in [3.63, 3.8) is 0 Å². The van der Waals surface area contributed by atoms with Gasteiger partial charge in [-0.25, -0.2) is 0 Å². The van der Waals surface area contributed by atoms with E-state index in [1.54, 1.807) is 12.2 Å². The summed E-state index contributed by atoms with van der Waals surface area (Å²) >= 11 is 0. The molecule has 7 atom stereocenters. The number of Topliss-reactive ketones (excluding diaryl/α,β-unsaturated/α-hetero) is 1. The topological polar surface area (TPSA) is 84.2 Å². The first-order chi connectivity index (χ1) is 18.7. The molecular weight excluding hydrogens is 531 g/mol. The van der Waals surface area contributed by atoms with Crippen molar-refractivity contribution in [2.24, 2.45) is 50.2 Å². The minimum absolute atomic E-state index is 0.0829. The number of allylic oxidation sites excluding steroid dienone is 4. The molecule has 0 heterocycles. The van der Waals surface area contributed by atoms with Crippen molar-refractivity contribution in [2.45, 2.75) is 99.6 Å². The van der Waals surface area contributed by atoms with E-state index in [0.717, 1.165) is 18.4 Å². The average Bonchev–Trinajstić information content (AvgIpc) is 2.85. The Kier molecular flexibility index (Phi) is 6.45. The molecule has 41 heavy (non-hydrogen) atoms. The highest BCUT2D eigenvalue weighted by Crippen LogP contribution is 2.74. The van der Waals surface area contributed by atoms with Gasteiger partial charge in [-0.3, -0.25) is 14.4 Å². The predicted octanol–water partition coefficient (Wildman–Crippen LogP) is 7.31. The smallest absolute Gasteiger partial charge is 0.422 e. The van der Waals surface area contributed by atoms with Crippen molar-refractivity contribution >= 4 is 17.5 Å². The van der Waals surface area contributed by atoms with Gasteiger partial charge in [-0.2, -0.15) is 18.4 Å². The Hall–Kier alpha value is -2.43. The summed E-state index contributed by atoms with van der Waals surface area (Å²) in [6.07, 6.45) is 2.89. The molecule has 5 aliphatic rings. The zero-order chi connectivity index (χ0) is 30.6. The van der Waals surface area contributed by atoms with Crippen LogP contribution < -0.4 is 0 Å². The minimum atomic E-state index is -4.62. The van der Waals surface area contributed by atoms with Crippen LogP contribution in [0.15, 0.2) is 23.3 Å². The fourth-order valence-corrected chi connectivity index (χ4v) is 10.3. The van der Waals surface area contributed by atoms with E-state index in [-0.39, 0.29) is 28.5 Å². The maximum Gasteiger partial charge on any atom is 0.422 e. The summed E-state index contributed by atoms with van der Waals surface area (Å²) in [4.78, 5) is 41.2. The molecule has 224 valence electrons. The van der Waals surface area contributed by atoms with Crippen LogP contribution in [0.1, 0.15) is 93.4 Å². The zero-order valence-corrected chi connectivity index (χ0v) is 25.3. The number of hydrogen-bond acceptors (Lipinski definition) is 5. The third-order valence-electron chi connectivity index (χ3n) is 12.6. The molecule has 0 amide bonds. The van der Waals surface area contributed by atoms with Gasteiger partial charge in [-0.15, -0.1) is 0 Å². The van der Waals surface area contributed by atoms with Crippen LogP contribution in [0, 0.1) is 61.6 Å². The largest absolute Gasteiger partial charge is 0.456 e. The molecule has 0 aliphatic heterocycles. The number of nitrogens with zero attached hydrogens (tertiary/aromatic N) is 1. The van der Waals surface area contributed by atoms with Crippen LogP contribution in [0.4, 0.5) is 13.2 Å². The summed E-state index contributed by atoms with van der Waals surface area (Å²) in [5.74, 6) is -2.15. The van der Waals surface area contributed by atoms with E-state index < -0.39 is 57.7 Å². The molecule has 0 saturated heterocycles. The van der Waals surface area contributed by atoms with Crippen molar-refractivity contribution in [1.29, 1.82) is 5.26 Å². The van der Waals surface area contributed by atoms with Gasteiger partial charge in [0.15, 0.2) is 18.2 Å². The standard InChI is InChI=1S/C33H42F3NO4/c1-27(2)10-12-32(26(40)41-18-33(34,35)36)13-11-31(7)24(20(32)16-27)21(38)14-23-29(5)15-19(17-37)25(39)28(3,4)22(29)8-9-30(23,31)6/h14-15,20,22,24H,8-13,16,18H2,1-7H3/t20?,22?,24?,29-,30+,31+,32-/m0/s1. The number of alkyl halides is 3. The van der Waals surface area contributed by atoms with Crippen LogP contribution >= 0.6 is 0 Å². The average molecular weight is 574 g/mol. The molecule has 0 N–H and O–H groups in total. The summed E-state index contributed by atoms with van der Waals surface area (Å²) in [5, 5.41) is 9.86. The van der Waals surface area contributed by atoms with E-state index in [1.807, 2.05) is 13.8 Å². The van der Waals surface area contributed by atoms with Crippen molar-refractivity contribution in [2.75, 3.05) is 6.61 Å². The van der Waals surface area contributed by atoms with E-state index in [9.17, 15) is 32.8 Å². The molecule has 3 fully saturated rings. The molecule has 0 aromatic carbocycles. The molecule has 3 unspecified atom stereocenters. The Balaban J connectivity index is 1.65. The maximum absolute atomic E-state index is 14.4. The second-order valence-corrected chi connectivity index (χ2v) is 15.6. The summed E-state index contributed by atoms with van der Waals surface area (Å²) < 4.78 is 44.2. The van der Waals surface area contributed by atoms with E-state index in [4.69, 9.17) is 4.74 Å². The van der Waals surface area contributed by atoms with Crippen LogP contribution in [0.5, 0.6) is 0 Å². The van der Waals surface area contributed by atoms with Gasteiger partial charge in [0.05, 0.1) is 11.0 Å². The molecule has 5 rings (SSSR count). The molecule has 0 radical (unpaired) electrons. The SMILES string of the molecule is CC1(C)CC[C@]2(C(=O)OCC(F)(F)F)CC[C@]3(C)C(C(=O)C=C4[C@@]5(C)C=C(C#N)C(=O)C(C)(C)C5CC[C@]43C)C2C1. The minimum Gasteiger partial charge on any atom is -0.456 e. The number of rotatable bonds is 2. The van der Waals surface area contributed by atoms with Gasteiger partial charge >= 0.3 is 12.1 Å². The monoisotopic (exact) mass is 573 g/mol. The number of halogens is 3. The fourth-order valence-electron chi connectivity index (χ4n) is 10.3. The van der Waals surface area contributed by atoms with Gasteiger partial charge in [0.2, 0.25) is 0 Å². The summed E-state index contributed by atoms with van der Waals surface area (Å²) in [6.45, 7) is 12.7. The molecule has 0 aromatic heterocycles. The quantitative estimate of drug-likeness (QED) is 0.324. The molecule has 3 saturated carbocycles.